The minimum Gasteiger partial charge on any atom is -0.383 e. The lowest BCUT2D eigenvalue weighted by atomic mass is 9.89. The molecule has 0 aromatic carbocycles. The van der Waals surface area contributed by atoms with Gasteiger partial charge in [-0.2, -0.15) is 4.98 Å². The molecule has 0 spiro atoms. The van der Waals surface area contributed by atoms with Crippen molar-refractivity contribution in [3.63, 3.8) is 0 Å². The van der Waals surface area contributed by atoms with Gasteiger partial charge in [0, 0.05) is 19.2 Å². The van der Waals surface area contributed by atoms with Gasteiger partial charge in [-0.3, -0.25) is 0 Å². The lowest BCUT2D eigenvalue weighted by Gasteiger charge is -2.34. The van der Waals surface area contributed by atoms with E-state index in [2.05, 4.69) is 31.2 Å². The standard InChI is InChI=1S/C9H13BrN4O/c1-15-6-2-5(3-6)12-9-13-7(10)4-8(11)14-9/h4-6H,2-3H2,1H3,(H3,11,12,13,14). The maximum Gasteiger partial charge on any atom is 0.225 e. The average molecular weight is 273 g/mol. The Balaban J connectivity index is 1.94. The van der Waals surface area contributed by atoms with Gasteiger partial charge < -0.3 is 15.8 Å². The Morgan fingerprint density at radius 1 is 1.53 bits per heavy atom. The Kier molecular flexibility index (Phi) is 3.06. The fourth-order valence-corrected chi connectivity index (χ4v) is 1.96. The van der Waals surface area contributed by atoms with Crippen molar-refractivity contribution in [1.29, 1.82) is 0 Å². The molecule has 82 valence electrons. The average Bonchev–Trinajstić information content (AvgIpc) is 2.08. The van der Waals surface area contributed by atoms with Crippen molar-refractivity contribution in [3.8, 4) is 0 Å². The molecule has 5 nitrogen and oxygen atoms in total. The molecule has 1 aromatic rings. The fraction of sp³-hybridized carbons (Fsp3) is 0.556. The molecule has 1 heterocycles. The van der Waals surface area contributed by atoms with E-state index in [4.69, 9.17) is 10.5 Å². The van der Waals surface area contributed by atoms with Crippen LogP contribution >= 0.6 is 15.9 Å². The summed E-state index contributed by atoms with van der Waals surface area (Å²) in [5, 5.41) is 3.21. The van der Waals surface area contributed by atoms with Crippen LogP contribution in [0, 0.1) is 0 Å². The molecule has 0 atom stereocenters. The highest BCUT2D eigenvalue weighted by atomic mass is 79.9. The maximum absolute atomic E-state index is 5.60. The van der Waals surface area contributed by atoms with Crippen molar-refractivity contribution in [2.24, 2.45) is 0 Å². The minimum atomic E-state index is 0.368. The van der Waals surface area contributed by atoms with E-state index in [1.165, 1.54) is 0 Å². The van der Waals surface area contributed by atoms with Gasteiger partial charge in [0.25, 0.3) is 0 Å². The highest BCUT2D eigenvalue weighted by Crippen LogP contribution is 2.25. The molecule has 0 unspecified atom stereocenters. The van der Waals surface area contributed by atoms with E-state index in [0.29, 0.717) is 28.5 Å². The Morgan fingerprint density at radius 3 is 2.87 bits per heavy atom. The first kappa shape index (κ1) is 10.6. The third-order valence-electron chi connectivity index (χ3n) is 2.48. The van der Waals surface area contributed by atoms with Gasteiger partial charge in [-0.05, 0) is 28.8 Å². The quantitative estimate of drug-likeness (QED) is 0.814. The van der Waals surface area contributed by atoms with E-state index in [0.717, 1.165) is 12.8 Å². The summed E-state index contributed by atoms with van der Waals surface area (Å²) in [7, 11) is 1.73. The van der Waals surface area contributed by atoms with Crippen molar-refractivity contribution in [1.82, 2.24) is 9.97 Å². The van der Waals surface area contributed by atoms with Gasteiger partial charge in [-0.1, -0.05) is 0 Å². The Labute approximate surface area is 96.6 Å². The van der Waals surface area contributed by atoms with Crippen LogP contribution in [0.3, 0.4) is 0 Å². The van der Waals surface area contributed by atoms with Gasteiger partial charge in [0.1, 0.15) is 10.4 Å². The van der Waals surface area contributed by atoms with Gasteiger partial charge in [0.2, 0.25) is 5.95 Å². The van der Waals surface area contributed by atoms with E-state index >= 15 is 0 Å². The summed E-state index contributed by atoms with van der Waals surface area (Å²) in [6, 6.07) is 2.06. The molecule has 0 saturated heterocycles. The molecule has 0 aliphatic heterocycles. The molecular weight excluding hydrogens is 260 g/mol. The predicted octanol–water partition coefficient (Wildman–Crippen LogP) is 1.41. The minimum absolute atomic E-state index is 0.368. The Hall–Kier alpha value is -0.880. The second-order valence-corrected chi connectivity index (χ2v) is 4.42. The number of hydrogen-bond donors (Lipinski definition) is 2. The van der Waals surface area contributed by atoms with E-state index < -0.39 is 0 Å². The molecule has 2 rings (SSSR count). The zero-order chi connectivity index (χ0) is 10.8. The monoisotopic (exact) mass is 272 g/mol. The summed E-state index contributed by atoms with van der Waals surface area (Å²) in [6.07, 6.45) is 2.35. The van der Waals surface area contributed by atoms with Crippen LogP contribution < -0.4 is 11.1 Å². The number of nitrogens with zero attached hydrogens (tertiary/aromatic N) is 2. The van der Waals surface area contributed by atoms with E-state index in [-0.39, 0.29) is 0 Å². The number of nitrogens with two attached hydrogens (primary N) is 1. The fourth-order valence-electron chi connectivity index (χ4n) is 1.56. The molecule has 1 aliphatic carbocycles. The number of nitrogens with one attached hydrogen (secondary N) is 1. The first-order valence-electron chi connectivity index (χ1n) is 4.77. The third-order valence-corrected chi connectivity index (χ3v) is 2.88. The first-order chi connectivity index (χ1) is 7.17. The zero-order valence-corrected chi connectivity index (χ0v) is 9.99. The molecular formula is C9H13BrN4O. The molecule has 1 aromatic heterocycles. The summed E-state index contributed by atoms with van der Waals surface area (Å²) in [6.45, 7) is 0. The highest BCUT2D eigenvalue weighted by Gasteiger charge is 2.29. The molecule has 1 fully saturated rings. The van der Waals surface area contributed by atoms with Gasteiger partial charge in [0.15, 0.2) is 0 Å². The second kappa shape index (κ2) is 4.32. The van der Waals surface area contributed by atoms with Crippen LogP contribution in [0.5, 0.6) is 0 Å². The third kappa shape index (κ3) is 2.57. The van der Waals surface area contributed by atoms with E-state index in [1.807, 2.05) is 0 Å². The number of rotatable bonds is 3. The second-order valence-electron chi connectivity index (χ2n) is 3.61. The number of hydrogen-bond acceptors (Lipinski definition) is 5. The highest BCUT2D eigenvalue weighted by molar-refractivity contribution is 9.10. The van der Waals surface area contributed by atoms with Crippen molar-refractivity contribution in [2.75, 3.05) is 18.2 Å². The lowest BCUT2D eigenvalue weighted by Crippen LogP contribution is -2.40. The van der Waals surface area contributed by atoms with E-state index in [9.17, 15) is 0 Å². The molecule has 1 saturated carbocycles. The summed E-state index contributed by atoms with van der Waals surface area (Å²) >= 11 is 3.27. The van der Waals surface area contributed by atoms with Crippen molar-refractivity contribution >= 4 is 27.7 Å². The van der Waals surface area contributed by atoms with Crippen LogP contribution in [0.4, 0.5) is 11.8 Å². The Morgan fingerprint density at radius 2 is 2.27 bits per heavy atom. The van der Waals surface area contributed by atoms with Crippen molar-refractivity contribution in [3.05, 3.63) is 10.7 Å². The molecule has 6 heteroatoms. The van der Waals surface area contributed by atoms with Crippen LogP contribution in [-0.2, 0) is 4.74 Å². The molecule has 0 bridgehead atoms. The lowest BCUT2D eigenvalue weighted by molar-refractivity contribution is 0.0327. The number of ether oxygens (including phenoxy) is 1. The molecule has 15 heavy (non-hydrogen) atoms. The number of methoxy groups -OCH3 is 1. The number of halogens is 1. The topological polar surface area (TPSA) is 73.1 Å². The SMILES string of the molecule is COC1CC(Nc2nc(N)cc(Br)n2)C1. The van der Waals surface area contributed by atoms with Crippen LogP contribution in [0.2, 0.25) is 0 Å². The smallest absolute Gasteiger partial charge is 0.225 e. The largest absolute Gasteiger partial charge is 0.383 e. The predicted molar refractivity (Wildman–Crippen MR) is 61.6 cm³/mol. The zero-order valence-electron chi connectivity index (χ0n) is 8.40. The normalized spacial score (nSPS) is 24.7. The summed E-state index contributed by atoms with van der Waals surface area (Å²) in [5.41, 5.74) is 5.60. The van der Waals surface area contributed by atoms with Crippen LogP contribution in [0.15, 0.2) is 10.7 Å². The molecule has 0 radical (unpaired) electrons. The van der Waals surface area contributed by atoms with Crippen LogP contribution in [0.25, 0.3) is 0 Å². The first-order valence-corrected chi connectivity index (χ1v) is 5.56. The number of nitrogen functional groups attached to an aromatic ring is 1. The summed E-state index contributed by atoms with van der Waals surface area (Å²) in [5.74, 6) is 1.03. The molecule has 3 N–H and O–H groups in total. The van der Waals surface area contributed by atoms with Crippen LogP contribution in [0.1, 0.15) is 12.8 Å². The number of aromatic nitrogens is 2. The van der Waals surface area contributed by atoms with E-state index in [1.54, 1.807) is 13.2 Å². The summed E-state index contributed by atoms with van der Waals surface area (Å²) in [4.78, 5) is 8.27. The van der Waals surface area contributed by atoms with Crippen molar-refractivity contribution < 1.29 is 4.74 Å². The van der Waals surface area contributed by atoms with Crippen LogP contribution in [-0.4, -0.2) is 29.2 Å². The molecule has 1 aliphatic rings. The van der Waals surface area contributed by atoms with Gasteiger partial charge in [0.05, 0.1) is 6.10 Å². The Bertz CT molecular complexity index is 334. The van der Waals surface area contributed by atoms with Crippen molar-refractivity contribution in [2.45, 2.75) is 25.0 Å². The van der Waals surface area contributed by atoms with Gasteiger partial charge in [-0.15, -0.1) is 0 Å². The maximum atomic E-state index is 5.60. The summed E-state index contributed by atoms with van der Waals surface area (Å²) < 4.78 is 5.88. The van der Waals surface area contributed by atoms with Gasteiger partial charge >= 0.3 is 0 Å². The molecule has 0 amide bonds. The van der Waals surface area contributed by atoms with Gasteiger partial charge in [-0.25, -0.2) is 4.98 Å². The number of anilines is 2.